The summed E-state index contributed by atoms with van der Waals surface area (Å²) in [5.74, 6) is 2.70. The van der Waals surface area contributed by atoms with E-state index in [0.717, 1.165) is 65.1 Å². The molecule has 146 valence electrons. The molecule has 1 saturated carbocycles. The third-order valence-corrected chi connectivity index (χ3v) is 5.98. The number of H-pyrrole nitrogens is 1. The number of nitriles is 1. The van der Waals surface area contributed by atoms with Crippen LogP contribution in [-0.2, 0) is 0 Å². The van der Waals surface area contributed by atoms with Gasteiger partial charge in [-0.05, 0) is 37.8 Å². The van der Waals surface area contributed by atoms with Crippen molar-refractivity contribution in [1.82, 2.24) is 19.4 Å². The number of benzene rings is 1. The minimum Gasteiger partial charge on any atom is -0.495 e. The molecule has 1 aromatic carbocycles. The lowest BCUT2D eigenvalue weighted by molar-refractivity contribution is 0.371. The Balaban J connectivity index is 1.66. The van der Waals surface area contributed by atoms with E-state index >= 15 is 0 Å². The highest BCUT2D eigenvalue weighted by atomic mass is 16.5. The molecule has 0 unspecified atom stereocenters. The third kappa shape index (κ3) is 2.80. The van der Waals surface area contributed by atoms with Crippen LogP contribution in [-0.4, -0.2) is 26.5 Å². The molecule has 1 aliphatic rings. The summed E-state index contributed by atoms with van der Waals surface area (Å²) < 4.78 is 7.56. The number of para-hydroxylation sites is 1. The van der Waals surface area contributed by atoms with Gasteiger partial charge < -0.3 is 15.5 Å². The SMILES string of the molecule is COc1cccc2cc(-c3nc([C@H]4CC[C@H](C#N)CC4)n4ccnc(N)c34)[nH]c12. The van der Waals surface area contributed by atoms with Crippen molar-refractivity contribution in [3.63, 3.8) is 0 Å². The first-order valence-electron chi connectivity index (χ1n) is 9.87. The quantitative estimate of drug-likeness (QED) is 0.547. The van der Waals surface area contributed by atoms with E-state index in [4.69, 9.17) is 15.5 Å². The molecule has 7 nitrogen and oxygen atoms in total. The first kappa shape index (κ1) is 17.6. The molecule has 3 heterocycles. The number of nitrogens with one attached hydrogen (secondary N) is 1. The molecule has 4 aromatic rings. The number of aromatic nitrogens is 4. The predicted molar refractivity (Wildman–Crippen MR) is 112 cm³/mol. The number of hydrogen-bond acceptors (Lipinski definition) is 5. The fraction of sp³-hybridized carbons (Fsp3) is 0.318. The van der Waals surface area contributed by atoms with Crippen molar-refractivity contribution < 1.29 is 4.74 Å². The molecular weight excluding hydrogens is 364 g/mol. The minimum absolute atomic E-state index is 0.157. The van der Waals surface area contributed by atoms with Crippen LogP contribution in [0.5, 0.6) is 5.75 Å². The Morgan fingerprint density at radius 1 is 1.28 bits per heavy atom. The van der Waals surface area contributed by atoms with Crippen LogP contribution in [0, 0.1) is 17.2 Å². The largest absolute Gasteiger partial charge is 0.495 e. The smallest absolute Gasteiger partial charge is 0.150 e. The lowest BCUT2D eigenvalue weighted by atomic mass is 9.82. The van der Waals surface area contributed by atoms with Crippen molar-refractivity contribution in [2.45, 2.75) is 31.6 Å². The number of nitrogen functional groups attached to an aromatic ring is 1. The van der Waals surface area contributed by atoms with Crippen LogP contribution in [0.2, 0.25) is 0 Å². The zero-order valence-corrected chi connectivity index (χ0v) is 16.2. The number of methoxy groups -OCH3 is 1. The number of hydrogen-bond donors (Lipinski definition) is 2. The molecule has 0 saturated heterocycles. The van der Waals surface area contributed by atoms with Crippen molar-refractivity contribution in [3.05, 3.63) is 42.5 Å². The highest BCUT2D eigenvalue weighted by molar-refractivity contribution is 5.93. The summed E-state index contributed by atoms with van der Waals surface area (Å²) >= 11 is 0. The van der Waals surface area contributed by atoms with E-state index in [-0.39, 0.29) is 5.92 Å². The second-order valence-electron chi connectivity index (χ2n) is 7.63. The normalized spacial score (nSPS) is 19.4. The Bertz CT molecular complexity index is 1240. The van der Waals surface area contributed by atoms with E-state index in [1.54, 1.807) is 13.3 Å². The molecule has 3 aromatic heterocycles. The second-order valence-corrected chi connectivity index (χ2v) is 7.63. The van der Waals surface area contributed by atoms with Crippen molar-refractivity contribution >= 4 is 22.2 Å². The van der Waals surface area contributed by atoms with Crippen LogP contribution in [0.4, 0.5) is 5.82 Å². The first-order valence-corrected chi connectivity index (χ1v) is 9.87. The van der Waals surface area contributed by atoms with Gasteiger partial charge in [-0.2, -0.15) is 5.26 Å². The molecule has 29 heavy (non-hydrogen) atoms. The number of ether oxygens (including phenoxy) is 1. The summed E-state index contributed by atoms with van der Waals surface area (Å²) in [7, 11) is 1.67. The Labute approximate surface area is 168 Å². The average molecular weight is 386 g/mol. The minimum atomic E-state index is 0.157. The van der Waals surface area contributed by atoms with Crippen LogP contribution in [0.3, 0.4) is 0 Å². The highest BCUT2D eigenvalue weighted by Crippen LogP contribution is 2.39. The Morgan fingerprint density at radius 2 is 2.10 bits per heavy atom. The fourth-order valence-electron chi connectivity index (χ4n) is 4.47. The van der Waals surface area contributed by atoms with Gasteiger partial charge in [0.15, 0.2) is 0 Å². The highest BCUT2D eigenvalue weighted by Gasteiger charge is 2.28. The van der Waals surface area contributed by atoms with E-state index in [9.17, 15) is 5.26 Å². The van der Waals surface area contributed by atoms with E-state index in [1.807, 2.05) is 24.4 Å². The number of aromatic amines is 1. The molecule has 7 heteroatoms. The van der Waals surface area contributed by atoms with Crippen molar-refractivity contribution in [2.24, 2.45) is 5.92 Å². The number of rotatable bonds is 3. The molecule has 5 rings (SSSR count). The first-order chi connectivity index (χ1) is 14.2. The van der Waals surface area contributed by atoms with E-state index in [2.05, 4.69) is 26.5 Å². The summed E-state index contributed by atoms with van der Waals surface area (Å²) in [6.45, 7) is 0. The average Bonchev–Trinajstić information content (AvgIpc) is 3.36. The van der Waals surface area contributed by atoms with Crippen LogP contribution >= 0.6 is 0 Å². The van der Waals surface area contributed by atoms with Gasteiger partial charge in [0.1, 0.15) is 28.6 Å². The van der Waals surface area contributed by atoms with Gasteiger partial charge >= 0.3 is 0 Å². The van der Waals surface area contributed by atoms with Gasteiger partial charge in [0.05, 0.1) is 24.4 Å². The van der Waals surface area contributed by atoms with E-state index < -0.39 is 0 Å². The van der Waals surface area contributed by atoms with E-state index in [1.165, 1.54) is 0 Å². The summed E-state index contributed by atoms with van der Waals surface area (Å²) in [6, 6.07) is 10.4. The topological polar surface area (TPSA) is 105 Å². The van der Waals surface area contributed by atoms with Crippen LogP contribution in [0.1, 0.15) is 37.4 Å². The number of nitrogens with zero attached hydrogens (tertiary/aromatic N) is 4. The van der Waals surface area contributed by atoms with Crippen molar-refractivity contribution in [2.75, 3.05) is 12.8 Å². The Kier molecular flexibility index (Phi) is 4.13. The van der Waals surface area contributed by atoms with Crippen LogP contribution in [0.25, 0.3) is 27.8 Å². The van der Waals surface area contributed by atoms with Gasteiger partial charge in [-0.3, -0.25) is 4.40 Å². The van der Waals surface area contributed by atoms with Gasteiger partial charge in [0.2, 0.25) is 0 Å². The van der Waals surface area contributed by atoms with Gasteiger partial charge in [-0.25, -0.2) is 9.97 Å². The lowest BCUT2D eigenvalue weighted by Crippen LogP contribution is -2.14. The summed E-state index contributed by atoms with van der Waals surface area (Å²) in [4.78, 5) is 12.8. The van der Waals surface area contributed by atoms with Gasteiger partial charge in [-0.15, -0.1) is 0 Å². The standard InChI is InChI=1S/C22H22N6O/c1-29-17-4-2-3-15-11-16(26-18(15)17)19-20-21(24)25-9-10-28(20)22(27-19)14-7-5-13(12-23)6-8-14/h2-4,9-11,13-14,26H,5-8H2,1H3,(H2,24,25)/t13-,14-. The molecule has 1 fully saturated rings. The lowest BCUT2D eigenvalue weighted by Gasteiger charge is -2.23. The second kappa shape index (κ2) is 6.82. The fourth-order valence-corrected chi connectivity index (χ4v) is 4.47. The molecule has 0 aliphatic heterocycles. The van der Waals surface area contributed by atoms with Crippen LogP contribution < -0.4 is 10.5 Å². The van der Waals surface area contributed by atoms with Gasteiger partial charge in [0.25, 0.3) is 0 Å². The maximum Gasteiger partial charge on any atom is 0.150 e. The Morgan fingerprint density at radius 3 is 2.86 bits per heavy atom. The molecular formula is C22H22N6O. The van der Waals surface area contributed by atoms with Crippen molar-refractivity contribution in [3.8, 4) is 23.2 Å². The van der Waals surface area contributed by atoms with Gasteiger partial charge in [-0.1, -0.05) is 12.1 Å². The molecule has 0 radical (unpaired) electrons. The summed E-state index contributed by atoms with van der Waals surface area (Å²) in [6.07, 6.45) is 7.38. The predicted octanol–water partition coefficient (Wildman–Crippen LogP) is 4.27. The number of anilines is 1. The maximum absolute atomic E-state index is 9.21. The molecule has 3 N–H and O–H groups in total. The maximum atomic E-state index is 9.21. The summed E-state index contributed by atoms with van der Waals surface area (Å²) in [5.41, 5.74) is 9.71. The summed E-state index contributed by atoms with van der Waals surface area (Å²) in [5, 5.41) is 10.3. The number of fused-ring (bicyclic) bond motifs is 2. The Hall–Kier alpha value is -3.53. The number of imidazole rings is 1. The van der Waals surface area contributed by atoms with Gasteiger partial charge in [0, 0.05) is 29.6 Å². The monoisotopic (exact) mass is 386 g/mol. The zero-order valence-electron chi connectivity index (χ0n) is 16.2. The molecule has 1 aliphatic carbocycles. The molecule has 0 atom stereocenters. The molecule has 0 amide bonds. The molecule has 0 spiro atoms. The van der Waals surface area contributed by atoms with Crippen molar-refractivity contribution in [1.29, 1.82) is 5.26 Å². The zero-order chi connectivity index (χ0) is 20.0. The molecule has 0 bridgehead atoms. The third-order valence-electron chi connectivity index (χ3n) is 5.98. The number of nitrogens with two attached hydrogens (primary N) is 1. The van der Waals surface area contributed by atoms with E-state index in [0.29, 0.717) is 11.7 Å². The van der Waals surface area contributed by atoms with Crippen LogP contribution in [0.15, 0.2) is 36.7 Å².